The van der Waals surface area contributed by atoms with Gasteiger partial charge < -0.3 is 53.2 Å². The summed E-state index contributed by atoms with van der Waals surface area (Å²) in [6.07, 6.45) is 2.57. The molecule has 1 saturated heterocycles. The molecular weight excluding hydrogens is 534 g/mol. The first-order valence-electron chi connectivity index (χ1n) is 12.2. The van der Waals surface area contributed by atoms with Gasteiger partial charge in [-0.25, -0.2) is 9.78 Å². The topological polar surface area (TPSA) is 301 Å². The lowest BCUT2D eigenvalue weighted by atomic mass is 10.1. The van der Waals surface area contributed by atoms with Crippen molar-refractivity contribution in [2.45, 2.75) is 62.3 Å². The Hall–Kier alpha value is -4.58. The maximum absolute atomic E-state index is 13.1. The minimum atomic E-state index is -1.76. The Bertz CT molecular complexity index is 1090. The Morgan fingerprint density at radius 3 is 2.00 bits per heavy atom. The normalized spacial score (nSPS) is 17.5. The fraction of sp³-hybridized carbons (Fsp3) is 0.545. The highest BCUT2D eigenvalue weighted by molar-refractivity contribution is 5.97. The van der Waals surface area contributed by atoms with E-state index in [0.717, 1.165) is 6.42 Å². The SMILES string of the molecule is NC(=O)C[C@H](NC(=O)[C@H](CC(N)=O)NC(=O)[C@H](CO)NC(=O)[C@H](Cc1cnc[nH]1)NC(=O)[C@@H]1CCCN1)C(=O)O. The second-order valence-electron chi connectivity index (χ2n) is 9.04. The number of aliphatic carboxylic acids is 1. The Morgan fingerprint density at radius 1 is 0.900 bits per heavy atom. The van der Waals surface area contributed by atoms with Crippen molar-refractivity contribution in [3.63, 3.8) is 0 Å². The standard InChI is InChI=1S/C22H33N9O9/c23-16(33)5-13(20(37)30-14(22(39)40)6-17(24)34)29-21(38)15(8-32)31-19(36)12(4-10-7-25-9-27-10)28-18(35)11-2-1-3-26-11/h7,9,11-15,26,32H,1-6,8H2,(H2,23,33)(H2,24,34)(H,25,27)(H,28,35)(H,29,38)(H,30,37)(H,31,36)(H,39,40)/t11-,12-,13-,14-,15-/m0/s1. The summed E-state index contributed by atoms with van der Waals surface area (Å²) in [6.45, 7) is -0.311. The number of carbonyl (C=O) groups excluding carboxylic acids is 6. The molecule has 0 unspecified atom stereocenters. The van der Waals surface area contributed by atoms with Crippen LogP contribution in [0.4, 0.5) is 0 Å². The molecule has 1 fully saturated rings. The van der Waals surface area contributed by atoms with Crippen molar-refractivity contribution < 1.29 is 43.8 Å². The van der Waals surface area contributed by atoms with Crippen LogP contribution in [0.15, 0.2) is 12.5 Å². The lowest BCUT2D eigenvalue weighted by Gasteiger charge is -2.25. The Balaban J connectivity index is 2.13. The van der Waals surface area contributed by atoms with E-state index in [-0.39, 0.29) is 6.42 Å². The van der Waals surface area contributed by atoms with Crippen molar-refractivity contribution in [3.05, 3.63) is 18.2 Å². The van der Waals surface area contributed by atoms with Gasteiger partial charge in [0.15, 0.2) is 0 Å². The van der Waals surface area contributed by atoms with Crippen molar-refractivity contribution in [3.8, 4) is 0 Å². The summed E-state index contributed by atoms with van der Waals surface area (Å²) in [4.78, 5) is 91.8. The molecule has 6 amide bonds. The summed E-state index contributed by atoms with van der Waals surface area (Å²) in [5, 5.41) is 31.0. The molecule has 12 N–H and O–H groups in total. The molecular formula is C22H33N9O9. The molecule has 5 atom stereocenters. The first-order valence-corrected chi connectivity index (χ1v) is 12.2. The second-order valence-corrected chi connectivity index (χ2v) is 9.04. The first-order chi connectivity index (χ1) is 18.9. The third-order valence-electron chi connectivity index (χ3n) is 5.86. The zero-order valence-electron chi connectivity index (χ0n) is 21.3. The molecule has 18 heteroatoms. The molecule has 0 saturated carbocycles. The molecule has 0 radical (unpaired) electrons. The smallest absolute Gasteiger partial charge is 0.326 e. The lowest BCUT2D eigenvalue weighted by Crippen LogP contribution is -2.60. The molecule has 2 heterocycles. The predicted molar refractivity (Wildman–Crippen MR) is 133 cm³/mol. The summed E-state index contributed by atoms with van der Waals surface area (Å²) in [6, 6.07) is -6.83. The van der Waals surface area contributed by atoms with Crippen LogP contribution >= 0.6 is 0 Å². The molecule has 0 spiro atoms. The number of carboxylic acid groups (broad SMARTS) is 1. The molecule has 0 aliphatic carbocycles. The highest BCUT2D eigenvalue weighted by atomic mass is 16.4. The van der Waals surface area contributed by atoms with E-state index >= 15 is 0 Å². The van der Waals surface area contributed by atoms with Crippen LogP contribution in [0.3, 0.4) is 0 Å². The number of amides is 6. The quantitative estimate of drug-likeness (QED) is 0.0898. The zero-order chi connectivity index (χ0) is 29.8. The summed E-state index contributed by atoms with van der Waals surface area (Å²) in [5.41, 5.74) is 10.6. The van der Waals surface area contributed by atoms with Crippen LogP contribution in [0.1, 0.15) is 31.4 Å². The number of nitrogens with one attached hydrogen (secondary N) is 6. The van der Waals surface area contributed by atoms with Gasteiger partial charge >= 0.3 is 5.97 Å². The Kier molecular flexibility index (Phi) is 12.0. The molecule has 18 nitrogen and oxygen atoms in total. The monoisotopic (exact) mass is 567 g/mol. The van der Waals surface area contributed by atoms with Gasteiger partial charge in [0.1, 0.15) is 24.2 Å². The van der Waals surface area contributed by atoms with Crippen molar-refractivity contribution in [1.82, 2.24) is 36.6 Å². The highest BCUT2D eigenvalue weighted by Gasteiger charge is 2.33. The van der Waals surface area contributed by atoms with E-state index < -0.39 is 91.1 Å². The minimum absolute atomic E-state index is 0.0345. The van der Waals surface area contributed by atoms with E-state index in [2.05, 4.69) is 31.2 Å². The van der Waals surface area contributed by atoms with Gasteiger partial charge in [-0.2, -0.15) is 0 Å². The average molecular weight is 568 g/mol. The number of aromatic amines is 1. The van der Waals surface area contributed by atoms with Crippen molar-refractivity contribution in [1.29, 1.82) is 0 Å². The number of primary amides is 2. The molecule has 1 aliphatic heterocycles. The number of rotatable bonds is 16. The minimum Gasteiger partial charge on any atom is -0.480 e. The average Bonchev–Trinajstić information content (AvgIpc) is 3.60. The molecule has 0 bridgehead atoms. The van der Waals surface area contributed by atoms with Gasteiger partial charge in [0, 0.05) is 18.3 Å². The van der Waals surface area contributed by atoms with Gasteiger partial charge in [0.2, 0.25) is 35.4 Å². The van der Waals surface area contributed by atoms with E-state index in [0.29, 0.717) is 18.7 Å². The fourth-order valence-corrected chi connectivity index (χ4v) is 3.83. The number of H-pyrrole nitrogens is 1. The predicted octanol–water partition coefficient (Wildman–Crippen LogP) is -5.53. The van der Waals surface area contributed by atoms with E-state index in [1.807, 2.05) is 5.32 Å². The van der Waals surface area contributed by atoms with E-state index in [1.54, 1.807) is 0 Å². The summed E-state index contributed by atoms with van der Waals surface area (Å²) in [5.74, 6) is -7.28. The summed E-state index contributed by atoms with van der Waals surface area (Å²) in [7, 11) is 0. The Labute approximate surface area is 227 Å². The number of nitrogens with two attached hydrogens (primary N) is 2. The van der Waals surface area contributed by atoms with Crippen LogP contribution in [0.2, 0.25) is 0 Å². The van der Waals surface area contributed by atoms with Gasteiger partial charge in [-0.05, 0) is 19.4 Å². The first kappa shape index (κ1) is 31.6. The second kappa shape index (κ2) is 15.1. The van der Waals surface area contributed by atoms with E-state index in [9.17, 15) is 43.8 Å². The number of aromatic nitrogens is 2. The third-order valence-corrected chi connectivity index (χ3v) is 5.86. The molecule has 2 rings (SSSR count). The highest BCUT2D eigenvalue weighted by Crippen LogP contribution is 2.07. The molecule has 220 valence electrons. The number of aliphatic hydroxyl groups excluding tert-OH is 1. The van der Waals surface area contributed by atoms with E-state index in [1.165, 1.54) is 12.5 Å². The maximum Gasteiger partial charge on any atom is 0.326 e. The van der Waals surface area contributed by atoms with Crippen LogP contribution in [-0.2, 0) is 40.0 Å². The molecule has 40 heavy (non-hydrogen) atoms. The maximum atomic E-state index is 13.1. The lowest BCUT2D eigenvalue weighted by molar-refractivity contribution is -0.144. The van der Waals surface area contributed by atoms with Crippen molar-refractivity contribution in [2.75, 3.05) is 13.2 Å². The van der Waals surface area contributed by atoms with Crippen LogP contribution in [-0.4, -0.2) is 105 Å². The van der Waals surface area contributed by atoms with Crippen LogP contribution in [0, 0.1) is 0 Å². The number of hydrogen-bond donors (Lipinski definition) is 10. The summed E-state index contributed by atoms with van der Waals surface area (Å²) >= 11 is 0. The summed E-state index contributed by atoms with van der Waals surface area (Å²) < 4.78 is 0. The molecule has 1 aliphatic rings. The van der Waals surface area contributed by atoms with Gasteiger partial charge in [-0.1, -0.05) is 0 Å². The van der Waals surface area contributed by atoms with Gasteiger partial charge in [0.25, 0.3) is 0 Å². The number of imidazole rings is 1. The number of carbonyl (C=O) groups is 7. The van der Waals surface area contributed by atoms with Gasteiger partial charge in [0.05, 0.1) is 31.8 Å². The molecule has 0 aromatic carbocycles. The number of carboxylic acids is 1. The largest absolute Gasteiger partial charge is 0.480 e. The van der Waals surface area contributed by atoms with Gasteiger partial charge in [-0.15, -0.1) is 0 Å². The Morgan fingerprint density at radius 2 is 1.48 bits per heavy atom. The van der Waals surface area contributed by atoms with Crippen molar-refractivity contribution >= 4 is 41.4 Å². The van der Waals surface area contributed by atoms with Crippen LogP contribution in [0.25, 0.3) is 0 Å². The van der Waals surface area contributed by atoms with Crippen LogP contribution < -0.4 is 38.1 Å². The molecule has 1 aromatic rings. The number of aliphatic hydroxyl groups is 1. The molecule has 1 aromatic heterocycles. The number of hydrogen-bond acceptors (Lipinski definition) is 10. The van der Waals surface area contributed by atoms with Crippen molar-refractivity contribution in [2.24, 2.45) is 11.5 Å². The van der Waals surface area contributed by atoms with E-state index in [4.69, 9.17) is 11.5 Å². The zero-order valence-corrected chi connectivity index (χ0v) is 21.3. The van der Waals surface area contributed by atoms with Crippen LogP contribution in [0.5, 0.6) is 0 Å². The fourth-order valence-electron chi connectivity index (χ4n) is 3.83. The third kappa shape index (κ3) is 9.95. The number of nitrogens with zero attached hydrogens (tertiary/aromatic N) is 1. The van der Waals surface area contributed by atoms with Gasteiger partial charge in [-0.3, -0.25) is 28.8 Å².